The van der Waals surface area contributed by atoms with Crippen LogP contribution in [-0.2, 0) is 30.2 Å². The number of imidazole rings is 1. The molecule has 1 saturated heterocycles. The van der Waals surface area contributed by atoms with Crippen LogP contribution >= 0.6 is 11.6 Å². The van der Waals surface area contributed by atoms with Gasteiger partial charge in [-0.05, 0) is 44.4 Å². The zero-order valence-corrected chi connectivity index (χ0v) is 21.2. The summed E-state index contributed by atoms with van der Waals surface area (Å²) in [6, 6.07) is 9.42. The smallest absolute Gasteiger partial charge is 0.463 e. The van der Waals surface area contributed by atoms with Crippen LogP contribution in [0.3, 0.4) is 0 Å². The Morgan fingerprint density at radius 2 is 1.95 bits per heavy atom. The summed E-state index contributed by atoms with van der Waals surface area (Å²) in [4.78, 5) is 36.7. The predicted octanol–water partition coefficient (Wildman–Crippen LogP) is 3.79. The number of nitrogens with two attached hydrogens (primary N) is 1. The Kier molecular flexibility index (Phi) is 7.79. The fourth-order valence-corrected chi connectivity index (χ4v) is 3.98. The van der Waals surface area contributed by atoms with Crippen LogP contribution in [0.4, 0.5) is 15.0 Å². The highest BCUT2D eigenvalue weighted by Gasteiger charge is 2.50. The number of carbonyl (C=O) groups excluding carboxylic acids is 2. The van der Waals surface area contributed by atoms with Gasteiger partial charge < -0.3 is 24.7 Å². The second kappa shape index (κ2) is 10.9. The van der Waals surface area contributed by atoms with Crippen LogP contribution in [0.2, 0.25) is 5.28 Å². The van der Waals surface area contributed by atoms with Gasteiger partial charge in [0.1, 0.15) is 23.8 Å². The lowest BCUT2D eigenvalue weighted by Crippen LogP contribution is -2.38. The Labute approximate surface area is 217 Å². The number of aryl methyl sites for hydroxylation is 1. The Morgan fingerprint density at radius 1 is 1.22 bits per heavy atom. The van der Waals surface area contributed by atoms with Crippen LogP contribution in [0.15, 0.2) is 36.7 Å². The summed E-state index contributed by atoms with van der Waals surface area (Å²) in [5.41, 5.74) is 6.27. The molecule has 3 aromatic rings. The van der Waals surface area contributed by atoms with Gasteiger partial charge in [0.2, 0.25) is 5.28 Å². The van der Waals surface area contributed by atoms with Gasteiger partial charge in [0, 0.05) is 6.42 Å². The fraction of sp³-hybridized carbons (Fsp3) is 0.458. The SMILES string of the molecule is CC(C)(C)OC(=O)O[C@H]1[C@H](F)[C@H](n2cnc3c(N)nc(Cl)nc32)O[C@@H]1COC(=O)CCc1ccccc1. The van der Waals surface area contributed by atoms with Crippen LogP contribution in [-0.4, -0.2) is 62.2 Å². The van der Waals surface area contributed by atoms with Crippen molar-refractivity contribution < 1.29 is 32.9 Å². The molecular weight excluding hydrogens is 509 g/mol. The van der Waals surface area contributed by atoms with Gasteiger partial charge in [0.05, 0.1) is 6.33 Å². The second-order valence-electron chi connectivity index (χ2n) is 9.43. The molecule has 13 heteroatoms. The molecule has 0 bridgehead atoms. The minimum atomic E-state index is -1.90. The molecule has 4 rings (SSSR count). The number of anilines is 1. The van der Waals surface area contributed by atoms with E-state index in [4.69, 9.17) is 36.3 Å². The highest BCUT2D eigenvalue weighted by Crippen LogP contribution is 2.36. The molecule has 11 nitrogen and oxygen atoms in total. The van der Waals surface area contributed by atoms with E-state index in [2.05, 4.69) is 15.0 Å². The van der Waals surface area contributed by atoms with Gasteiger partial charge in [-0.1, -0.05) is 30.3 Å². The first-order valence-corrected chi connectivity index (χ1v) is 11.9. The Morgan fingerprint density at radius 3 is 2.65 bits per heavy atom. The normalized spacial score (nSPS) is 21.6. The zero-order valence-electron chi connectivity index (χ0n) is 20.5. The van der Waals surface area contributed by atoms with Gasteiger partial charge in [-0.15, -0.1) is 0 Å². The van der Waals surface area contributed by atoms with Crippen molar-refractivity contribution in [2.75, 3.05) is 12.3 Å². The number of fused-ring (bicyclic) bond motifs is 1. The average Bonchev–Trinajstić information content (AvgIpc) is 3.37. The van der Waals surface area contributed by atoms with Crippen molar-refractivity contribution in [3.63, 3.8) is 0 Å². The number of nitrogen functional groups attached to an aromatic ring is 1. The number of benzene rings is 1. The molecule has 4 atom stereocenters. The molecule has 0 saturated carbocycles. The minimum Gasteiger partial charge on any atom is -0.463 e. The summed E-state index contributed by atoms with van der Waals surface area (Å²) in [7, 11) is 0. The van der Waals surface area contributed by atoms with Crippen molar-refractivity contribution >= 4 is 40.7 Å². The number of hydrogen-bond acceptors (Lipinski definition) is 10. The van der Waals surface area contributed by atoms with Crippen LogP contribution < -0.4 is 5.73 Å². The standard InChI is InChI=1S/C24H27ClFN5O6/c1-24(2,3)37-23(33)36-18-14(11-34-15(32)10-9-13-7-5-4-6-8-13)35-21(16(18)26)31-12-28-17-19(27)29-22(25)30-20(17)31/h4-8,12,14,16,18,21H,9-11H2,1-3H3,(H2,27,29,30)/t14-,16+,18-,21-/m1/s1. The number of ether oxygens (including phenoxy) is 4. The van der Waals surface area contributed by atoms with Gasteiger partial charge in [0.15, 0.2) is 30.0 Å². The van der Waals surface area contributed by atoms with Gasteiger partial charge in [-0.2, -0.15) is 9.97 Å². The molecule has 0 amide bonds. The molecule has 1 fully saturated rings. The van der Waals surface area contributed by atoms with Crippen molar-refractivity contribution in [3.8, 4) is 0 Å². The van der Waals surface area contributed by atoms with E-state index in [-0.39, 0.29) is 35.3 Å². The summed E-state index contributed by atoms with van der Waals surface area (Å²) in [5, 5.41) is -0.161. The molecule has 3 heterocycles. The van der Waals surface area contributed by atoms with Crippen molar-refractivity contribution in [2.45, 2.75) is 63.8 Å². The minimum absolute atomic E-state index is 0.00704. The molecule has 1 aromatic carbocycles. The van der Waals surface area contributed by atoms with E-state index in [1.165, 1.54) is 10.9 Å². The van der Waals surface area contributed by atoms with E-state index in [0.29, 0.717) is 6.42 Å². The lowest BCUT2D eigenvalue weighted by Gasteiger charge is -2.23. The summed E-state index contributed by atoms with van der Waals surface area (Å²) >= 11 is 5.92. The quantitative estimate of drug-likeness (QED) is 0.351. The molecule has 1 aliphatic heterocycles. The maximum Gasteiger partial charge on any atom is 0.509 e. The number of halogens is 2. The van der Waals surface area contributed by atoms with Crippen molar-refractivity contribution in [1.29, 1.82) is 0 Å². The van der Waals surface area contributed by atoms with E-state index in [1.807, 2.05) is 30.3 Å². The molecule has 0 unspecified atom stereocenters. The number of hydrogen-bond donors (Lipinski definition) is 1. The maximum absolute atomic E-state index is 15.7. The van der Waals surface area contributed by atoms with Crippen molar-refractivity contribution in [1.82, 2.24) is 19.5 Å². The molecule has 1 aliphatic rings. The molecule has 2 N–H and O–H groups in total. The van der Waals surface area contributed by atoms with Crippen molar-refractivity contribution in [2.24, 2.45) is 0 Å². The maximum atomic E-state index is 15.7. The molecule has 0 radical (unpaired) electrons. The molecule has 0 spiro atoms. The van der Waals surface area contributed by atoms with Crippen LogP contribution in [0.1, 0.15) is 39.0 Å². The number of aromatic nitrogens is 4. The second-order valence-corrected chi connectivity index (χ2v) is 9.77. The van der Waals surface area contributed by atoms with E-state index in [1.54, 1.807) is 20.8 Å². The summed E-state index contributed by atoms with van der Waals surface area (Å²) < 4.78 is 38.7. The first kappa shape index (κ1) is 26.6. The van der Waals surface area contributed by atoms with Gasteiger partial charge >= 0.3 is 12.1 Å². The highest BCUT2D eigenvalue weighted by molar-refractivity contribution is 6.28. The van der Waals surface area contributed by atoms with Gasteiger partial charge in [-0.25, -0.2) is 14.2 Å². The van der Waals surface area contributed by atoms with E-state index < -0.39 is 42.3 Å². The van der Waals surface area contributed by atoms with Crippen LogP contribution in [0.5, 0.6) is 0 Å². The Bertz CT molecular complexity index is 1270. The highest BCUT2D eigenvalue weighted by atomic mass is 35.5. The van der Waals surface area contributed by atoms with Gasteiger partial charge in [-0.3, -0.25) is 9.36 Å². The Balaban J connectivity index is 1.50. The lowest BCUT2D eigenvalue weighted by atomic mass is 10.1. The number of alkyl halides is 1. The van der Waals surface area contributed by atoms with E-state index in [9.17, 15) is 9.59 Å². The van der Waals surface area contributed by atoms with E-state index >= 15 is 4.39 Å². The topological polar surface area (TPSA) is 141 Å². The fourth-order valence-electron chi connectivity index (χ4n) is 3.81. The molecule has 2 aromatic heterocycles. The van der Waals surface area contributed by atoms with Crippen LogP contribution in [0, 0.1) is 0 Å². The van der Waals surface area contributed by atoms with E-state index in [0.717, 1.165) is 5.56 Å². The number of esters is 1. The van der Waals surface area contributed by atoms with Crippen LogP contribution in [0.25, 0.3) is 11.2 Å². The molecule has 198 valence electrons. The average molecular weight is 536 g/mol. The number of rotatable bonds is 7. The molecule has 0 aliphatic carbocycles. The van der Waals surface area contributed by atoms with Crippen molar-refractivity contribution in [3.05, 3.63) is 47.5 Å². The summed E-state index contributed by atoms with van der Waals surface area (Å²) in [5.74, 6) is -0.504. The first-order valence-electron chi connectivity index (χ1n) is 11.6. The third kappa shape index (κ3) is 6.44. The monoisotopic (exact) mass is 535 g/mol. The summed E-state index contributed by atoms with van der Waals surface area (Å²) in [6.45, 7) is 4.58. The largest absolute Gasteiger partial charge is 0.509 e. The number of carbonyl (C=O) groups is 2. The summed E-state index contributed by atoms with van der Waals surface area (Å²) in [6.07, 6.45) is -5.06. The zero-order chi connectivity index (χ0) is 26.7. The predicted molar refractivity (Wildman–Crippen MR) is 130 cm³/mol. The Hall–Kier alpha value is -3.51. The first-order chi connectivity index (χ1) is 17.5. The third-order valence-electron chi connectivity index (χ3n) is 5.45. The number of nitrogens with zero attached hydrogens (tertiary/aromatic N) is 4. The molecule has 37 heavy (non-hydrogen) atoms. The lowest BCUT2D eigenvalue weighted by molar-refractivity contribution is -0.150. The third-order valence-corrected chi connectivity index (χ3v) is 5.62. The molecular formula is C24H27ClFN5O6. The van der Waals surface area contributed by atoms with Gasteiger partial charge in [0.25, 0.3) is 0 Å².